The predicted octanol–water partition coefficient (Wildman–Crippen LogP) is 8.18. The van der Waals surface area contributed by atoms with Crippen LogP contribution in [0.5, 0.6) is 0 Å². The second kappa shape index (κ2) is 11.4. The first-order valence-corrected chi connectivity index (χ1v) is 13.3. The molecule has 5 aromatic rings. The summed E-state index contributed by atoms with van der Waals surface area (Å²) in [6.07, 6.45) is 0. The number of aryl methyl sites for hydroxylation is 2. The number of amides is 2. The first kappa shape index (κ1) is 25.3. The van der Waals surface area contributed by atoms with Crippen molar-refractivity contribution in [3.05, 3.63) is 138 Å². The van der Waals surface area contributed by atoms with E-state index in [9.17, 15) is 9.59 Å². The van der Waals surface area contributed by atoms with Crippen molar-refractivity contribution in [3.63, 3.8) is 0 Å². The van der Waals surface area contributed by atoms with Crippen LogP contribution in [0.2, 0.25) is 0 Å². The van der Waals surface area contributed by atoms with Gasteiger partial charge < -0.3 is 10.6 Å². The molecular weight excluding hydrogens is 488 g/mol. The lowest BCUT2D eigenvalue weighted by molar-refractivity contribution is -0.115. The second-order valence-corrected chi connectivity index (χ2v) is 10.5. The van der Waals surface area contributed by atoms with Crippen molar-refractivity contribution in [1.29, 1.82) is 0 Å². The number of fused-ring (bicyclic) bond motifs is 1. The van der Waals surface area contributed by atoms with Gasteiger partial charge in [0.15, 0.2) is 0 Å². The lowest BCUT2D eigenvalue weighted by Crippen LogP contribution is -2.19. The van der Waals surface area contributed by atoms with Gasteiger partial charge in [0.1, 0.15) is 5.25 Å². The minimum atomic E-state index is -0.435. The Kier molecular flexibility index (Phi) is 7.57. The van der Waals surface area contributed by atoms with E-state index in [4.69, 9.17) is 0 Å². The van der Waals surface area contributed by atoms with Gasteiger partial charge in [0.25, 0.3) is 5.91 Å². The van der Waals surface area contributed by atoms with Crippen LogP contribution >= 0.6 is 11.8 Å². The van der Waals surface area contributed by atoms with Gasteiger partial charge in [-0.05, 0) is 89.8 Å². The first-order chi connectivity index (χ1) is 18.4. The number of carbonyl (C=O) groups is 2. The largest absolute Gasteiger partial charge is 0.325 e. The Labute approximate surface area is 227 Å². The topological polar surface area (TPSA) is 58.2 Å². The molecule has 1 unspecified atom stereocenters. The molecule has 5 heteroatoms. The molecule has 5 aromatic carbocycles. The molecule has 0 bridgehead atoms. The number of benzene rings is 5. The smallest absolute Gasteiger partial charge is 0.255 e. The normalized spacial score (nSPS) is 11.6. The van der Waals surface area contributed by atoms with Crippen molar-refractivity contribution in [3.8, 4) is 0 Å². The van der Waals surface area contributed by atoms with Crippen molar-refractivity contribution in [2.75, 3.05) is 10.6 Å². The molecule has 0 spiro atoms. The van der Waals surface area contributed by atoms with Gasteiger partial charge in [-0.1, -0.05) is 66.7 Å². The SMILES string of the molecule is Cc1cc(C)cc(NC(=O)C(Sc2ccc(NC(=O)c3ccc4ccccc4c3)cc2)c2ccccc2)c1. The molecule has 0 aliphatic rings. The molecule has 0 aliphatic heterocycles. The summed E-state index contributed by atoms with van der Waals surface area (Å²) >= 11 is 1.48. The summed E-state index contributed by atoms with van der Waals surface area (Å²) in [5.41, 5.74) is 5.22. The Balaban J connectivity index is 1.31. The van der Waals surface area contributed by atoms with Crippen LogP contribution in [0.1, 0.15) is 32.3 Å². The highest BCUT2D eigenvalue weighted by molar-refractivity contribution is 8.00. The maximum Gasteiger partial charge on any atom is 0.255 e. The Morgan fingerprint density at radius 3 is 2.00 bits per heavy atom. The summed E-state index contributed by atoms with van der Waals surface area (Å²) < 4.78 is 0. The number of nitrogens with one attached hydrogen (secondary N) is 2. The van der Waals surface area contributed by atoms with E-state index in [1.165, 1.54) is 11.8 Å². The number of anilines is 2. The molecule has 0 fully saturated rings. The fourth-order valence-corrected chi connectivity index (χ4v) is 5.47. The number of rotatable bonds is 7. The zero-order valence-corrected chi connectivity index (χ0v) is 22.1. The fraction of sp³-hybridized carbons (Fsp3) is 0.0909. The van der Waals surface area contributed by atoms with E-state index >= 15 is 0 Å². The number of hydrogen-bond acceptors (Lipinski definition) is 3. The molecule has 5 rings (SSSR count). The Morgan fingerprint density at radius 1 is 0.632 bits per heavy atom. The molecule has 38 heavy (non-hydrogen) atoms. The zero-order chi connectivity index (χ0) is 26.5. The molecule has 2 N–H and O–H groups in total. The third kappa shape index (κ3) is 6.13. The highest BCUT2D eigenvalue weighted by Crippen LogP contribution is 2.37. The summed E-state index contributed by atoms with van der Waals surface area (Å²) in [4.78, 5) is 27.2. The van der Waals surface area contributed by atoms with Crippen LogP contribution in [0, 0.1) is 13.8 Å². The lowest BCUT2D eigenvalue weighted by atomic mass is 10.1. The summed E-state index contributed by atoms with van der Waals surface area (Å²) in [6, 6.07) is 37.1. The number of carbonyl (C=O) groups excluding carboxylic acids is 2. The summed E-state index contributed by atoms with van der Waals surface area (Å²) in [6.45, 7) is 4.04. The molecule has 0 radical (unpaired) electrons. The molecule has 0 heterocycles. The Hall–Kier alpha value is -4.35. The van der Waals surface area contributed by atoms with Gasteiger partial charge in [-0.2, -0.15) is 0 Å². The third-order valence-electron chi connectivity index (χ3n) is 6.21. The number of thioether (sulfide) groups is 1. The molecular formula is C33H28N2O2S. The minimum absolute atomic E-state index is 0.0834. The van der Waals surface area contributed by atoms with Crippen LogP contribution < -0.4 is 10.6 Å². The van der Waals surface area contributed by atoms with Crippen LogP contribution in [0.3, 0.4) is 0 Å². The maximum atomic E-state index is 13.4. The van der Waals surface area contributed by atoms with E-state index in [0.29, 0.717) is 11.3 Å². The maximum absolute atomic E-state index is 13.4. The standard InChI is InChI=1S/C33H28N2O2S/c1-22-18-23(2)20-29(19-22)35-33(37)31(25-9-4-3-5-10-25)38-30-16-14-28(15-17-30)34-32(36)27-13-12-24-8-6-7-11-26(24)21-27/h3-21,31H,1-2H3,(H,34,36)(H,35,37). The Bertz CT molecular complexity index is 1580. The van der Waals surface area contributed by atoms with Gasteiger partial charge in [0.05, 0.1) is 0 Å². The molecule has 0 aromatic heterocycles. The first-order valence-electron chi connectivity index (χ1n) is 12.5. The lowest BCUT2D eigenvalue weighted by Gasteiger charge is -2.18. The van der Waals surface area contributed by atoms with Crippen LogP contribution in [0.4, 0.5) is 11.4 Å². The minimum Gasteiger partial charge on any atom is -0.325 e. The predicted molar refractivity (Wildman–Crippen MR) is 158 cm³/mol. The Morgan fingerprint density at radius 2 is 1.29 bits per heavy atom. The van der Waals surface area contributed by atoms with E-state index in [1.54, 1.807) is 0 Å². The van der Waals surface area contributed by atoms with Crippen molar-refractivity contribution < 1.29 is 9.59 Å². The molecule has 4 nitrogen and oxygen atoms in total. The zero-order valence-electron chi connectivity index (χ0n) is 21.3. The fourth-order valence-electron chi connectivity index (χ4n) is 4.44. The summed E-state index contributed by atoms with van der Waals surface area (Å²) in [5, 5.41) is 7.76. The quantitative estimate of drug-likeness (QED) is 0.214. The van der Waals surface area contributed by atoms with Crippen LogP contribution in [-0.2, 0) is 4.79 Å². The van der Waals surface area contributed by atoms with E-state index in [2.05, 4.69) is 16.7 Å². The van der Waals surface area contributed by atoms with Gasteiger partial charge in [-0.25, -0.2) is 0 Å². The molecule has 0 saturated heterocycles. The van der Waals surface area contributed by atoms with E-state index in [0.717, 1.165) is 38.0 Å². The average Bonchev–Trinajstić information content (AvgIpc) is 2.92. The van der Waals surface area contributed by atoms with Crippen molar-refractivity contribution in [2.45, 2.75) is 24.0 Å². The highest BCUT2D eigenvalue weighted by atomic mass is 32.2. The van der Waals surface area contributed by atoms with E-state index < -0.39 is 5.25 Å². The van der Waals surface area contributed by atoms with Crippen LogP contribution in [-0.4, -0.2) is 11.8 Å². The molecule has 188 valence electrons. The van der Waals surface area contributed by atoms with Crippen molar-refractivity contribution >= 4 is 45.7 Å². The van der Waals surface area contributed by atoms with Gasteiger partial charge in [-0.3, -0.25) is 9.59 Å². The van der Waals surface area contributed by atoms with Crippen LogP contribution in [0.15, 0.2) is 120 Å². The van der Waals surface area contributed by atoms with Crippen molar-refractivity contribution in [2.24, 2.45) is 0 Å². The average molecular weight is 517 g/mol. The third-order valence-corrected chi connectivity index (χ3v) is 7.47. The second-order valence-electron chi connectivity index (χ2n) is 9.31. The molecule has 0 aliphatic carbocycles. The van der Waals surface area contributed by atoms with Gasteiger partial charge >= 0.3 is 0 Å². The van der Waals surface area contributed by atoms with Gasteiger partial charge in [0.2, 0.25) is 5.91 Å². The van der Waals surface area contributed by atoms with Crippen LogP contribution in [0.25, 0.3) is 10.8 Å². The van der Waals surface area contributed by atoms with Crippen molar-refractivity contribution in [1.82, 2.24) is 0 Å². The molecule has 0 saturated carbocycles. The molecule has 2 amide bonds. The summed E-state index contributed by atoms with van der Waals surface area (Å²) in [5.74, 6) is -0.244. The summed E-state index contributed by atoms with van der Waals surface area (Å²) in [7, 11) is 0. The monoisotopic (exact) mass is 516 g/mol. The van der Waals surface area contributed by atoms with Gasteiger partial charge in [0, 0.05) is 21.8 Å². The van der Waals surface area contributed by atoms with E-state index in [-0.39, 0.29) is 11.8 Å². The highest BCUT2D eigenvalue weighted by Gasteiger charge is 2.22. The van der Waals surface area contributed by atoms with Gasteiger partial charge in [-0.15, -0.1) is 11.8 Å². The van der Waals surface area contributed by atoms with E-state index in [1.807, 2.05) is 123 Å². The molecule has 1 atom stereocenters. The number of hydrogen-bond donors (Lipinski definition) is 2.